The fourth-order valence-corrected chi connectivity index (χ4v) is 3.20. The summed E-state index contributed by atoms with van der Waals surface area (Å²) < 4.78 is 5.36. The van der Waals surface area contributed by atoms with E-state index in [1.165, 1.54) is 12.8 Å². The summed E-state index contributed by atoms with van der Waals surface area (Å²) in [4.78, 5) is 17.2. The topological polar surface area (TPSA) is 106 Å². The van der Waals surface area contributed by atoms with Gasteiger partial charge in [0.15, 0.2) is 5.82 Å². The Morgan fingerprint density at radius 2 is 2.00 bits per heavy atom. The molecule has 0 spiro atoms. The minimum atomic E-state index is -0.528. The molecule has 7 nitrogen and oxygen atoms in total. The van der Waals surface area contributed by atoms with Crippen LogP contribution in [0, 0.1) is 5.41 Å². The highest BCUT2D eigenvalue weighted by molar-refractivity contribution is 5.95. The molecule has 1 amide bonds. The number of hydrogen-bond acceptors (Lipinski definition) is 5. The van der Waals surface area contributed by atoms with Gasteiger partial charge in [0.25, 0.3) is 0 Å². The van der Waals surface area contributed by atoms with Crippen molar-refractivity contribution in [2.75, 3.05) is 25.1 Å². The highest BCUT2D eigenvalue weighted by Crippen LogP contribution is 2.38. The van der Waals surface area contributed by atoms with Gasteiger partial charge in [0.2, 0.25) is 5.91 Å². The SMILES string of the molecule is NCC1(C(=O)Nc2ccc(-c3n[nH]c(C4CC4)n3)cc2)CCOCC1. The fraction of sp³-hybridized carbons (Fsp3) is 0.500. The third kappa shape index (κ3) is 3.29. The van der Waals surface area contributed by atoms with Crippen molar-refractivity contribution in [1.82, 2.24) is 15.2 Å². The minimum absolute atomic E-state index is 0.0278. The van der Waals surface area contributed by atoms with Crippen molar-refractivity contribution in [3.8, 4) is 11.4 Å². The van der Waals surface area contributed by atoms with Gasteiger partial charge in [-0.05, 0) is 49.9 Å². The molecule has 0 bridgehead atoms. The second kappa shape index (κ2) is 6.57. The first-order valence-electron chi connectivity index (χ1n) is 8.82. The van der Waals surface area contributed by atoms with Crippen LogP contribution in [0.4, 0.5) is 5.69 Å². The van der Waals surface area contributed by atoms with Gasteiger partial charge >= 0.3 is 0 Å². The van der Waals surface area contributed by atoms with Gasteiger partial charge in [-0.2, -0.15) is 5.10 Å². The maximum absolute atomic E-state index is 12.7. The molecule has 2 heterocycles. The fourth-order valence-electron chi connectivity index (χ4n) is 3.20. The molecular weight excluding hydrogens is 318 g/mol. The lowest BCUT2D eigenvalue weighted by molar-refractivity contribution is -0.130. The van der Waals surface area contributed by atoms with Crippen LogP contribution in [0.25, 0.3) is 11.4 Å². The number of benzene rings is 1. The number of ether oxygens (including phenoxy) is 1. The lowest BCUT2D eigenvalue weighted by Crippen LogP contribution is -2.46. The third-order valence-electron chi connectivity index (χ3n) is 5.19. The lowest BCUT2D eigenvalue weighted by atomic mass is 9.79. The smallest absolute Gasteiger partial charge is 0.232 e. The van der Waals surface area contributed by atoms with Crippen molar-refractivity contribution in [3.63, 3.8) is 0 Å². The van der Waals surface area contributed by atoms with Crippen molar-refractivity contribution < 1.29 is 9.53 Å². The van der Waals surface area contributed by atoms with Crippen LogP contribution in [0.3, 0.4) is 0 Å². The van der Waals surface area contributed by atoms with Gasteiger partial charge in [-0.1, -0.05) is 0 Å². The van der Waals surface area contributed by atoms with Crippen LogP contribution in [0.2, 0.25) is 0 Å². The van der Waals surface area contributed by atoms with Crippen molar-refractivity contribution in [3.05, 3.63) is 30.1 Å². The Hall–Kier alpha value is -2.25. The number of nitrogens with one attached hydrogen (secondary N) is 2. The Balaban J connectivity index is 1.45. The lowest BCUT2D eigenvalue weighted by Gasteiger charge is -2.34. The standard InChI is InChI=1S/C18H23N5O2/c19-11-18(7-9-25-10-8-18)17(24)20-14-5-3-13(4-6-14)16-21-15(22-23-16)12-1-2-12/h3-6,12H,1-2,7-11,19H2,(H,20,24)(H,21,22,23). The molecule has 0 atom stereocenters. The molecule has 7 heteroatoms. The summed E-state index contributed by atoms with van der Waals surface area (Å²) in [6, 6.07) is 7.61. The van der Waals surface area contributed by atoms with Gasteiger partial charge in [0.05, 0.1) is 5.41 Å². The van der Waals surface area contributed by atoms with Crippen LogP contribution < -0.4 is 11.1 Å². The third-order valence-corrected chi connectivity index (χ3v) is 5.19. The summed E-state index contributed by atoms with van der Waals surface area (Å²) in [6.07, 6.45) is 3.70. The predicted octanol–water partition coefficient (Wildman–Crippen LogP) is 2.04. The first-order valence-corrected chi connectivity index (χ1v) is 8.82. The van der Waals surface area contributed by atoms with E-state index in [2.05, 4.69) is 20.5 Å². The molecule has 2 aliphatic rings. The number of anilines is 1. The van der Waals surface area contributed by atoms with E-state index >= 15 is 0 Å². The molecule has 1 saturated heterocycles. The molecule has 4 N–H and O–H groups in total. The molecule has 1 aliphatic carbocycles. The summed E-state index contributed by atoms with van der Waals surface area (Å²) in [5.74, 6) is 2.19. The Bertz CT molecular complexity index is 745. The molecule has 1 aromatic heterocycles. The monoisotopic (exact) mass is 341 g/mol. The maximum Gasteiger partial charge on any atom is 0.232 e. The van der Waals surface area contributed by atoms with Crippen LogP contribution in [-0.2, 0) is 9.53 Å². The number of nitrogens with two attached hydrogens (primary N) is 1. The summed E-state index contributed by atoms with van der Waals surface area (Å²) in [5.41, 5.74) is 7.05. The molecule has 0 radical (unpaired) electrons. The summed E-state index contributed by atoms with van der Waals surface area (Å²) in [6.45, 7) is 1.50. The van der Waals surface area contributed by atoms with Gasteiger partial charge in [0.1, 0.15) is 5.82 Å². The highest BCUT2D eigenvalue weighted by atomic mass is 16.5. The number of hydrogen-bond donors (Lipinski definition) is 3. The van der Waals surface area contributed by atoms with E-state index < -0.39 is 5.41 Å². The highest BCUT2D eigenvalue weighted by Gasteiger charge is 2.38. The van der Waals surface area contributed by atoms with E-state index in [0.29, 0.717) is 44.3 Å². The molecule has 2 fully saturated rings. The van der Waals surface area contributed by atoms with E-state index in [-0.39, 0.29) is 5.91 Å². The number of aromatic nitrogens is 3. The number of carbonyl (C=O) groups is 1. The zero-order valence-corrected chi connectivity index (χ0v) is 14.1. The first-order chi connectivity index (χ1) is 12.2. The van der Waals surface area contributed by atoms with Crippen LogP contribution >= 0.6 is 0 Å². The van der Waals surface area contributed by atoms with E-state index in [9.17, 15) is 4.79 Å². The second-order valence-electron chi connectivity index (χ2n) is 6.95. The van der Waals surface area contributed by atoms with E-state index in [0.717, 1.165) is 17.1 Å². The number of amides is 1. The molecule has 1 aromatic carbocycles. The Morgan fingerprint density at radius 3 is 2.64 bits per heavy atom. The summed E-state index contributed by atoms with van der Waals surface area (Å²) in [5, 5.41) is 10.3. The van der Waals surface area contributed by atoms with E-state index in [1.807, 2.05) is 24.3 Å². The van der Waals surface area contributed by atoms with Gasteiger partial charge in [0, 0.05) is 36.9 Å². The van der Waals surface area contributed by atoms with Crippen molar-refractivity contribution >= 4 is 11.6 Å². The average molecular weight is 341 g/mol. The maximum atomic E-state index is 12.7. The molecule has 4 rings (SSSR count). The van der Waals surface area contributed by atoms with Gasteiger partial charge < -0.3 is 15.8 Å². The molecule has 1 saturated carbocycles. The molecule has 25 heavy (non-hydrogen) atoms. The zero-order chi connectivity index (χ0) is 17.3. The number of rotatable bonds is 5. The summed E-state index contributed by atoms with van der Waals surface area (Å²) >= 11 is 0. The van der Waals surface area contributed by atoms with Gasteiger partial charge in [-0.15, -0.1) is 0 Å². The predicted molar refractivity (Wildman–Crippen MR) is 94.0 cm³/mol. The molecule has 0 unspecified atom stereocenters. The zero-order valence-electron chi connectivity index (χ0n) is 14.1. The van der Waals surface area contributed by atoms with E-state index in [1.54, 1.807) is 0 Å². The van der Waals surface area contributed by atoms with Gasteiger partial charge in [-0.3, -0.25) is 9.89 Å². The Morgan fingerprint density at radius 1 is 1.28 bits per heavy atom. The average Bonchev–Trinajstić information content (AvgIpc) is 3.40. The van der Waals surface area contributed by atoms with Crippen molar-refractivity contribution in [2.45, 2.75) is 31.6 Å². The van der Waals surface area contributed by atoms with Crippen LogP contribution in [0.1, 0.15) is 37.4 Å². The number of nitrogens with zero attached hydrogens (tertiary/aromatic N) is 2. The largest absolute Gasteiger partial charge is 0.381 e. The quantitative estimate of drug-likeness (QED) is 0.772. The van der Waals surface area contributed by atoms with Crippen LogP contribution in [0.15, 0.2) is 24.3 Å². The molecule has 1 aliphatic heterocycles. The second-order valence-corrected chi connectivity index (χ2v) is 6.95. The van der Waals surface area contributed by atoms with E-state index in [4.69, 9.17) is 10.5 Å². The molecular formula is C18H23N5O2. The number of aromatic amines is 1. The Labute approximate surface area is 146 Å². The van der Waals surface area contributed by atoms with Crippen molar-refractivity contribution in [1.29, 1.82) is 0 Å². The minimum Gasteiger partial charge on any atom is -0.381 e. The van der Waals surface area contributed by atoms with Crippen molar-refractivity contribution in [2.24, 2.45) is 11.1 Å². The van der Waals surface area contributed by atoms with Crippen LogP contribution in [0.5, 0.6) is 0 Å². The number of H-pyrrole nitrogens is 1. The van der Waals surface area contributed by atoms with Crippen LogP contribution in [-0.4, -0.2) is 40.8 Å². The molecule has 2 aromatic rings. The normalized spacial score (nSPS) is 19.6. The number of carbonyl (C=O) groups excluding carboxylic acids is 1. The Kier molecular flexibility index (Phi) is 4.27. The first kappa shape index (κ1) is 16.2. The summed E-state index contributed by atoms with van der Waals surface area (Å²) in [7, 11) is 0. The molecule has 132 valence electrons. The van der Waals surface area contributed by atoms with Gasteiger partial charge in [-0.25, -0.2) is 4.98 Å².